The number of rotatable bonds is 18. The number of aliphatic hydroxyl groups is 1. The molecule has 0 aliphatic heterocycles. The van der Waals surface area contributed by atoms with E-state index in [4.69, 9.17) is 33.2 Å². The van der Waals surface area contributed by atoms with E-state index >= 15 is 0 Å². The highest BCUT2D eigenvalue weighted by Gasteiger charge is 2.27. The fourth-order valence-electron chi connectivity index (χ4n) is 5.06. The molecule has 0 fully saturated rings. The van der Waals surface area contributed by atoms with Crippen molar-refractivity contribution in [2.45, 2.75) is 25.0 Å². The van der Waals surface area contributed by atoms with E-state index in [1.54, 1.807) is 54.6 Å². The molecule has 0 aliphatic carbocycles. The number of aromatic hydroxyl groups is 3. The van der Waals surface area contributed by atoms with E-state index in [0.29, 0.717) is 29.7 Å². The first-order chi connectivity index (χ1) is 25.5. The maximum atomic E-state index is 12.7. The van der Waals surface area contributed by atoms with Crippen LogP contribution in [-0.2, 0) is 25.5 Å². The Hall–Kier alpha value is -6.34. The minimum atomic E-state index is -1.37. The van der Waals surface area contributed by atoms with Gasteiger partial charge in [-0.15, -0.1) is 0 Å². The number of ether oxygens (including phenoxy) is 7. The van der Waals surface area contributed by atoms with Gasteiger partial charge in [-0.05, 0) is 95.8 Å². The number of methoxy groups -OCH3 is 4. The van der Waals surface area contributed by atoms with Crippen molar-refractivity contribution < 1.29 is 63.2 Å². The van der Waals surface area contributed by atoms with Gasteiger partial charge in [-0.2, -0.15) is 0 Å². The Morgan fingerprint density at radius 1 is 0.623 bits per heavy atom. The topological polar surface area (TPSA) is 180 Å². The zero-order valence-corrected chi connectivity index (χ0v) is 29.7. The second-order valence-corrected chi connectivity index (χ2v) is 11.4. The number of aryl methyl sites for hydroxylation is 1. The van der Waals surface area contributed by atoms with Crippen LogP contribution in [0.2, 0.25) is 0 Å². The predicted octanol–water partition coefficient (Wildman–Crippen LogP) is 5.76. The fourth-order valence-corrected chi connectivity index (χ4v) is 5.06. The number of phenols is 3. The summed E-state index contributed by atoms with van der Waals surface area (Å²) in [6.45, 7) is -0.229. The molecule has 0 heterocycles. The van der Waals surface area contributed by atoms with E-state index < -0.39 is 24.1 Å². The van der Waals surface area contributed by atoms with E-state index in [1.807, 2.05) is 0 Å². The molecule has 0 radical (unpaired) electrons. The molecule has 13 heteroatoms. The molecule has 0 saturated carbocycles. The van der Waals surface area contributed by atoms with Crippen LogP contribution in [0.3, 0.4) is 0 Å². The largest absolute Gasteiger partial charge is 0.504 e. The van der Waals surface area contributed by atoms with Gasteiger partial charge >= 0.3 is 11.9 Å². The molecule has 0 spiro atoms. The Kier molecular flexibility index (Phi) is 14.4. The molecule has 0 aliphatic rings. The Morgan fingerprint density at radius 3 is 1.75 bits per heavy atom. The molecule has 2 atom stereocenters. The number of esters is 2. The van der Waals surface area contributed by atoms with E-state index in [9.17, 15) is 30.0 Å². The summed E-state index contributed by atoms with van der Waals surface area (Å²) in [7, 11) is 5.70. The number of hydrogen-bond donors (Lipinski definition) is 4. The number of phenolic OH excluding ortho intramolecular Hbond substituents is 3. The quantitative estimate of drug-likeness (QED) is 0.0552. The van der Waals surface area contributed by atoms with Crippen LogP contribution in [0.25, 0.3) is 12.2 Å². The minimum absolute atomic E-state index is 0.00449. The third-order valence-corrected chi connectivity index (χ3v) is 7.88. The first kappa shape index (κ1) is 39.4. The van der Waals surface area contributed by atoms with Crippen LogP contribution in [0.1, 0.15) is 34.8 Å². The molecule has 4 N–H and O–H groups in total. The van der Waals surface area contributed by atoms with Crippen LogP contribution >= 0.6 is 0 Å². The second kappa shape index (κ2) is 19.3. The number of aliphatic hydroxyl groups excluding tert-OH is 1. The number of carbonyl (C=O) groups is 2. The van der Waals surface area contributed by atoms with Gasteiger partial charge in [0.15, 0.2) is 52.1 Å². The van der Waals surface area contributed by atoms with Crippen molar-refractivity contribution in [2.24, 2.45) is 0 Å². The molecule has 0 bridgehead atoms. The van der Waals surface area contributed by atoms with Crippen LogP contribution < -0.4 is 23.7 Å². The van der Waals surface area contributed by atoms with Crippen molar-refractivity contribution in [1.82, 2.24) is 0 Å². The maximum Gasteiger partial charge on any atom is 0.330 e. The standard InChI is InChI=1S/C40H42O13/c1-47-32-16-12-28(23-31(32)43)40(46)37(24-52-39(45)18-11-27-8-14-30(42)35(21-27)49-3)53-33-15-9-25(22-36(33)50-4)6-5-19-51-38(44)17-10-26-7-13-29(41)34(20-26)48-2/h7-18,20-23,37,40-43,46H,5-6,19,24H2,1-4H3. The lowest BCUT2D eigenvalue weighted by molar-refractivity contribution is -0.142. The van der Waals surface area contributed by atoms with Crippen LogP contribution in [0.5, 0.6) is 46.0 Å². The monoisotopic (exact) mass is 730 g/mol. The molecule has 53 heavy (non-hydrogen) atoms. The summed E-state index contributed by atoms with van der Waals surface area (Å²) in [4.78, 5) is 24.9. The highest BCUT2D eigenvalue weighted by atomic mass is 16.6. The molecule has 0 aromatic heterocycles. The summed E-state index contributed by atoms with van der Waals surface area (Å²) in [5, 5.41) is 41.2. The first-order valence-corrected chi connectivity index (χ1v) is 16.4. The molecule has 280 valence electrons. The SMILES string of the molecule is COc1ccc(C(O)C(COC(=O)C=Cc2ccc(O)c(OC)c2)Oc2ccc(CCCOC(=O)C=Cc3ccc(O)c(OC)c3)cc2OC)cc1O. The Bertz CT molecular complexity index is 1920. The first-order valence-electron chi connectivity index (χ1n) is 16.4. The summed E-state index contributed by atoms with van der Waals surface area (Å²) >= 11 is 0. The molecular weight excluding hydrogens is 688 g/mol. The highest BCUT2D eigenvalue weighted by molar-refractivity contribution is 5.87. The Balaban J connectivity index is 1.40. The van der Waals surface area contributed by atoms with Crippen LogP contribution in [0, 0.1) is 0 Å². The lowest BCUT2D eigenvalue weighted by Gasteiger charge is -2.25. The summed E-state index contributed by atoms with van der Waals surface area (Å²) in [6.07, 6.45) is 4.05. The summed E-state index contributed by atoms with van der Waals surface area (Å²) in [5.74, 6) is -0.174. The Labute approximate surface area is 306 Å². The molecule has 4 rings (SSSR count). The third-order valence-electron chi connectivity index (χ3n) is 7.88. The van der Waals surface area contributed by atoms with E-state index in [-0.39, 0.29) is 59.0 Å². The molecule has 4 aromatic carbocycles. The molecule has 13 nitrogen and oxygen atoms in total. The van der Waals surface area contributed by atoms with Crippen LogP contribution in [0.15, 0.2) is 84.9 Å². The highest BCUT2D eigenvalue weighted by Crippen LogP contribution is 2.35. The zero-order valence-electron chi connectivity index (χ0n) is 29.7. The van der Waals surface area contributed by atoms with Crippen molar-refractivity contribution in [2.75, 3.05) is 41.7 Å². The van der Waals surface area contributed by atoms with Crippen molar-refractivity contribution in [3.63, 3.8) is 0 Å². The summed E-state index contributed by atoms with van der Waals surface area (Å²) in [6, 6.07) is 18.8. The lowest BCUT2D eigenvalue weighted by Crippen LogP contribution is -2.31. The molecule has 4 aromatic rings. The smallest absolute Gasteiger partial charge is 0.330 e. The normalized spacial score (nSPS) is 12.2. The minimum Gasteiger partial charge on any atom is -0.504 e. The predicted molar refractivity (Wildman–Crippen MR) is 195 cm³/mol. The van der Waals surface area contributed by atoms with Gasteiger partial charge in [0.05, 0.1) is 35.0 Å². The molecule has 0 amide bonds. The van der Waals surface area contributed by atoms with Crippen LogP contribution in [0.4, 0.5) is 0 Å². The number of benzene rings is 4. The molecular formula is C40H42O13. The molecule has 2 unspecified atom stereocenters. The van der Waals surface area contributed by atoms with Crippen molar-refractivity contribution in [1.29, 1.82) is 0 Å². The van der Waals surface area contributed by atoms with Crippen molar-refractivity contribution in [3.8, 4) is 46.0 Å². The van der Waals surface area contributed by atoms with E-state index in [2.05, 4.69) is 0 Å². The maximum absolute atomic E-state index is 12.7. The van der Waals surface area contributed by atoms with Gasteiger partial charge in [0.25, 0.3) is 0 Å². The van der Waals surface area contributed by atoms with Gasteiger partial charge in [-0.1, -0.05) is 24.3 Å². The fraction of sp³-hybridized carbons (Fsp3) is 0.250. The van der Waals surface area contributed by atoms with Crippen molar-refractivity contribution in [3.05, 3.63) is 107 Å². The molecule has 0 saturated heterocycles. The average molecular weight is 731 g/mol. The van der Waals surface area contributed by atoms with E-state index in [1.165, 1.54) is 70.9 Å². The zero-order chi connectivity index (χ0) is 38.3. The number of hydrogen-bond acceptors (Lipinski definition) is 13. The van der Waals surface area contributed by atoms with Crippen molar-refractivity contribution >= 4 is 24.1 Å². The van der Waals surface area contributed by atoms with Gasteiger partial charge in [0.2, 0.25) is 0 Å². The lowest BCUT2D eigenvalue weighted by atomic mass is 10.0. The third kappa shape index (κ3) is 11.3. The Morgan fingerprint density at radius 2 is 1.19 bits per heavy atom. The average Bonchev–Trinajstić information content (AvgIpc) is 3.17. The van der Waals surface area contributed by atoms with Gasteiger partial charge in [0.1, 0.15) is 12.7 Å². The van der Waals surface area contributed by atoms with Crippen LogP contribution in [-0.4, -0.2) is 80.1 Å². The van der Waals surface area contributed by atoms with E-state index in [0.717, 1.165) is 5.56 Å². The second-order valence-electron chi connectivity index (χ2n) is 11.4. The number of carbonyl (C=O) groups excluding carboxylic acids is 2. The summed E-state index contributed by atoms with van der Waals surface area (Å²) < 4.78 is 37.8. The van der Waals surface area contributed by atoms with Gasteiger partial charge in [-0.3, -0.25) is 0 Å². The van der Waals surface area contributed by atoms with Gasteiger partial charge in [0, 0.05) is 12.2 Å². The summed E-state index contributed by atoms with van der Waals surface area (Å²) in [5.41, 5.74) is 2.37. The van der Waals surface area contributed by atoms with Gasteiger partial charge < -0.3 is 53.6 Å². The van der Waals surface area contributed by atoms with Gasteiger partial charge in [-0.25, -0.2) is 9.59 Å².